The van der Waals surface area contributed by atoms with Gasteiger partial charge >= 0.3 is 11.9 Å². The second-order valence-electron chi connectivity index (χ2n) is 6.26. The fraction of sp³-hybridized carbons (Fsp3) is 0.889. The number of hydrogen-bond acceptors (Lipinski definition) is 8. The molecule has 0 aromatic carbocycles. The molecule has 0 heterocycles. The van der Waals surface area contributed by atoms with Crippen LogP contribution in [0.2, 0.25) is 0 Å². The summed E-state index contributed by atoms with van der Waals surface area (Å²) in [6.45, 7) is 8.10. The quantitative estimate of drug-likeness (QED) is 0.172. The normalized spacial score (nSPS) is 14.9. The van der Waals surface area contributed by atoms with Gasteiger partial charge in [-0.1, -0.05) is 40.5 Å². The molecule has 0 bridgehead atoms. The molecule has 0 spiro atoms. The van der Waals surface area contributed by atoms with Gasteiger partial charge in [-0.3, -0.25) is 14.1 Å². The number of esters is 2. The molecule has 1 N–H and O–H groups in total. The predicted molar refractivity (Wildman–Crippen MR) is 102 cm³/mol. The van der Waals surface area contributed by atoms with Crippen molar-refractivity contribution >= 4 is 22.1 Å². The van der Waals surface area contributed by atoms with Crippen LogP contribution in [0, 0.1) is 0 Å². The fourth-order valence-electron chi connectivity index (χ4n) is 2.05. The zero-order valence-electron chi connectivity index (χ0n) is 17.2. The minimum Gasteiger partial charge on any atom is -0.436 e. The van der Waals surface area contributed by atoms with Crippen molar-refractivity contribution in [2.75, 3.05) is 13.2 Å². The summed E-state index contributed by atoms with van der Waals surface area (Å²) in [4.78, 5) is 24.3. The third kappa shape index (κ3) is 11.6. The monoisotopic (exact) mass is 426 g/mol. The SMILES string of the molecule is CCCCOC(CC)OC(=O)CC(C(=O)OC(CC)OCCCC)S(=O)(=O)O. The Morgan fingerprint density at radius 1 is 0.857 bits per heavy atom. The largest absolute Gasteiger partial charge is 0.436 e. The molecule has 0 amide bonds. The van der Waals surface area contributed by atoms with Gasteiger partial charge < -0.3 is 18.9 Å². The van der Waals surface area contributed by atoms with Crippen molar-refractivity contribution < 1.29 is 41.5 Å². The van der Waals surface area contributed by atoms with Crippen LogP contribution in [0.3, 0.4) is 0 Å². The third-order valence-electron chi connectivity index (χ3n) is 3.75. The van der Waals surface area contributed by atoms with Gasteiger partial charge in [0.05, 0.1) is 19.6 Å². The average Bonchev–Trinajstić information content (AvgIpc) is 2.63. The fourth-order valence-corrected chi connectivity index (χ4v) is 2.70. The first-order valence-electron chi connectivity index (χ1n) is 9.78. The Kier molecular flexibility index (Phi) is 14.1. The summed E-state index contributed by atoms with van der Waals surface area (Å²) in [6, 6.07) is 0. The maximum atomic E-state index is 12.2. The van der Waals surface area contributed by atoms with E-state index in [1.807, 2.05) is 13.8 Å². The van der Waals surface area contributed by atoms with Crippen molar-refractivity contribution in [2.24, 2.45) is 0 Å². The van der Waals surface area contributed by atoms with Crippen LogP contribution in [0.4, 0.5) is 0 Å². The molecule has 0 radical (unpaired) electrons. The van der Waals surface area contributed by atoms with Gasteiger partial charge in [0.15, 0.2) is 5.25 Å². The second kappa shape index (κ2) is 14.7. The van der Waals surface area contributed by atoms with Gasteiger partial charge in [-0.2, -0.15) is 8.42 Å². The molecule has 28 heavy (non-hydrogen) atoms. The molecule has 0 rings (SSSR count). The van der Waals surface area contributed by atoms with Crippen LogP contribution in [0.1, 0.15) is 72.6 Å². The van der Waals surface area contributed by atoms with E-state index in [0.717, 1.165) is 25.7 Å². The molecule has 0 aliphatic rings. The summed E-state index contributed by atoms with van der Waals surface area (Å²) in [6.07, 6.45) is 1.28. The van der Waals surface area contributed by atoms with Crippen molar-refractivity contribution in [1.82, 2.24) is 0 Å². The van der Waals surface area contributed by atoms with E-state index in [9.17, 15) is 22.6 Å². The molecular weight excluding hydrogens is 392 g/mol. The summed E-state index contributed by atoms with van der Waals surface area (Å²) in [5.74, 6) is -2.24. The van der Waals surface area contributed by atoms with E-state index in [1.165, 1.54) is 0 Å². The van der Waals surface area contributed by atoms with Crippen LogP contribution < -0.4 is 0 Å². The van der Waals surface area contributed by atoms with E-state index < -0.39 is 46.3 Å². The molecule has 0 aliphatic carbocycles. The highest BCUT2D eigenvalue weighted by Gasteiger charge is 2.37. The number of hydrogen-bond donors (Lipinski definition) is 1. The Hall–Kier alpha value is -1.23. The number of unbranched alkanes of at least 4 members (excludes halogenated alkanes) is 2. The molecule has 10 heteroatoms. The number of ether oxygens (including phenoxy) is 4. The van der Waals surface area contributed by atoms with Crippen LogP contribution in [0.5, 0.6) is 0 Å². The topological polar surface area (TPSA) is 125 Å². The first kappa shape index (κ1) is 26.8. The molecule has 9 nitrogen and oxygen atoms in total. The highest BCUT2D eigenvalue weighted by Crippen LogP contribution is 2.14. The van der Waals surface area contributed by atoms with Gasteiger partial charge in [0.2, 0.25) is 12.6 Å². The van der Waals surface area contributed by atoms with E-state index in [1.54, 1.807) is 13.8 Å². The summed E-state index contributed by atoms with van der Waals surface area (Å²) in [5, 5.41) is -2.09. The van der Waals surface area contributed by atoms with Crippen molar-refractivity contribution in [2.45, 2.75) is 90.5 Å². The zero-order chi connectivity index (χ0) is 21.6. The van der Waals surface area contributed by atoms with Crippen LogP contribution in [0.25, 0.3) is 0 Å². The smallest absolute Gasteiger partial charge is 0.329 e. The van der Waals surface area contributed by atoms with Crippen molar-refractivity contribution in [3.05, 3.63) is 0 Å². The third-order valence-corrected chi connectivity index (χ3v) is 4.83. The molecule has 0 aromatic rings. The van der Waals surface area contributed by atoms with Gasteiger partial charge in [-0.05, 0) is 12.8 Å². The lowest BCUT2D eigenvalue weighted by Gasteiger charge is -2.21. The first-order chi connectivity index (χ1) is 13.2. The average molecular weight is 427 g/mol. The highest BCUT2D eigenvalue weighted by atomic mass is 32.2. The van der Waals surface area contributed by atoms with Crippen molar-refractivity contribution in [3.8, 4) is 0 Å². The molecule has 166 valence electrons. The minimum absolute atomic E-state index is 0.293. The predicted octanol–water partition coefficient (Wildman–Crippen LogP) is 2.82. The molecule has 0 saturated heterocycles. The summed E-state index contributed by atoms with van der Waals surface area (Å²) < 4.78 is 53.3. The first-order valence-corrected chi connectivity index (χ1v) is 11.3. The van der Waals surface area contributed by atoms with Gasteiger partial charge in [-0.25, -0.2) is 0 Å². The maximum Gasteiger partial charge on any atom is 0.329 e. The van der Waals surface area contributed by atoms with Crippen LogP contribution in [-0.4, -0.2) is 56.0 Å². The molecular formula is C18H34O9S. The molecule has 3 unspecified atom stereocenters. The van der Waals surface area contributed by atoms with E-state index in [-0.39, 0.29) is 0 Å². The maximum absolute atomic E-state index is 12.2. The van der Waals surface area contributed by atoms with E-state index in [4.69, 9.17) is 18.9 Å². The second-order valence-corrected chi connectivity index (χ2v) is 7.86. The molecule has 0 aliphatic heterocycles. The Morgan fingerprint density at radius 3 is 1.71 bits per heavy atom. The van der Waals surface area contributed by atoms with Gasteiger partial charge in [0.25, 0.3) is 10.1 Å². The molecule has 0 aromatic heterocycles. The molecule has 0 saturated carbocycles. The number of carbonyl (C=O) groups is 2. The molecule has 3 atom stereocenters. The number of rotatable bonds is 16. The number of carbonyl (C=O) groups excluding carboxylic acids is 2. The van der Waals surface area contributed by atoms with E-state index >= 15 is 0 Å². The minimum atomic E-state index is -4.87. The highest BCUT2D eigenvalue weighted by molar-refractivity contribution is 7.87. The lowest BCUT2D eigenvalue weighted by molar-refractivity contribution is -0.186. The van der Waals surface area contributed by atoms with Crippen LogP contribution in [-0.2, 0) is 38.7 Å². The summed E-state index contributed by atoms with van der Waals surface area (Å²) >= 11 is 0. The van der Waals surface area contributed by atoms with Crippen molar-refractivity contribution in [1.29, 1.82) is 0 Å². The van der Waals surface area contributed by atoms with Crippen LogP contribution in [0.15, 0.2) is 0 Å². The standard InChI is InChI=1S/C18H34O9S/c1-5-9-11-24-16(7-3)26-15(19)13-14(28(21,22)23)18(20)27-17(8-4)25-12-10-6-2/h14,16-17H,5-13H2,1-4H3,(H,21,22,23). The van der Waals surface area contributed by atoms with Gasteiger partial charge in [0, 0.05) is 12.8 Å². The lowest BCUT2D eigenvalue weighted by atomic mass is 10.3. The Balaban J connectivity index is 4.88. The summed E-state index contributed by atoms with van der Waals surface area (Å²) in [7, 11) is -4.87. The van der Waals surface area contributed by atoms with E-state index in [0.29, 0.717) is 26.1 Å². The van der Waals surface area contributed by atoms with Gasteiger partial charge in [0.1, 0.15) is 0 Å². The van der Waals surface area contributed by atoms with Gasteiger partial charge in [-0.15, -0.1) is 0 Å². The lowest BCUT2D eigenvalue weighted by Crippen LogP contribution is -2.37. The Morgan fingerprint density at radius 2 is 1.32 bits per heavy atom. The summed E-state index contributed by atoms with van der Waals surface area (Å²) in [5.41, 5.74) is 0. The Labute approximate surface area is 167 Å². The van der Waals surface area contributed by atoms with Crippen LogP contribution >= 0.6 is 0 Å². The van der Waals surface area contributed by atoms with E-state index in [2.05, 4.69) is 0 Å². The Bertz CT molecular complexity index is 547. The molecule has 0 fully saturated rings. The zero-order valence-corrected chi connectivity index (χ0v) is 18.0. The van der Waals surface area contributed by atoms with Crippen molar-refractivity contribution in [3.63, 3.8) is 0 Å².